The smallest absolute Gasteiger partial charge is 0.252 e. The molecule has 0 aromatic carbocycles. The highest BCUT2D eigenvalue weighted by atomic mass is 35.5. The third kappa shape index (κ3) is 5.75. The first-order valence-corrected chi connectivity index (χ1v) is 7.24. The summed E-state index contributed by atoms with van der Waals surface area (Å²) in [6.45, 7) is 4.40. The minimum Gasteiger partial charge on any atom is -0.370 e. The maximum Gasteiger partial charge on any atom is 0.252 e. The Balaban J connectivity index is 2.48. The molecule has 0 radical (unpaired) electrons. The number of aromatic nitrogens is 1. The van der Waals surface area contributed by atoms with Crippen LogP contribution in [0.4, 0.5) is 5.82 Å². The Morgan fingerprint density at radius 3 is 2.80 bits per heavy atom. The normalized spacial score (nSPS) is 10.7. The fourth-order valence-electron chi connectivity index (χ4n) is 1.74. The lowest BCUT2D eigenvalue weighted by Gasteiger charge is -2.10. The molecule has 1 rings (SSSR count). The lowest BCUT2D eigenvalue weighted by atomic mass is 10.2. The Bertz CT molecular complexity index is 437. The van der Waals surface area contributed by atoms with Gasteiger partial charge in [0.05, 0.1) is 10.6 Å². The van der Waals surface area contributed by atoms with Crippen LogP contribution in [-0.2, 0) is 0 Å². The number of nitrogens with zero attached hydrogens (tertiary/aromatic N) is 2. The molecule has 0 saturated heterocycles. The fraction of sp³-hybridized carbons (Fsp3) is 0.571. The van der Waals surface area contributed by atoms with Crippen molar-refractivity contribution in [2.45, 2.75) is 19.8 Å². The van der Waals surface area contributed by atoms with Gasteiger partial charge in [-0.2, -0.15) is 0 Å². The molecule has 1 aromatic heterocycles. The van der Waals surface area contributed by atoms with Crippen molar-refractivity contribution in [3.8, 4) is 0 Å². The number of halogens is 1. The van der Waals surface area contributed by atoms with Crippen molar-refractivity contribution >= 4 is 23.3 Å². The van der Waals surface area contributed by atoms with Gasteiger partial charge in [0.1, 0.15) is 5.82 Å². The number of rotatable bonds is 8. The van der Waals surface area contributed by atoms with Crippen LogP contribution in [0.2, 0.25) is 5.02 Å². The van der Waals surface area contributed by atoms with Crippen LogP contribution >= 0.6 is 11.6 Å². The minimum atomic E-state index is -0.151. The molecule has 1 amide bonds. The van der Waals surface area contributed by atoms with Gasteiger partial charge in [-0.15, -0.1) is 0 Å². The monoisotopic (exact) mass is 298 g/mol. The first-order chi connectivity index (χ1) is 9.54. The fourth-order valence-corrected chi connectivity index (χ4v) is 1.93. The van der Waals surface area contributed by atoms with Crippen molar-refractivity contribution < 1.29 is 4.79 Å². The van der Waals surface area contributed by atoms with Gasteiger partial charge in [0.25, 0.3) is 5.91 Å². The van der Waals surface area contributed by atoms with Gasteiger partial charge in [0.15, 0.2) is 0 Å². The van der Waals surface area contributed by atoms with E-state index < -0.39 is 0 Å². The highest BCUT2D eigenvalue weighted by molar-refractivity contribution is 6.33. The van der Waals surface area contributed by atoms with Crippen LogP contribution in [0.15, 0.2) is 12.3 Å². The van der Waals surface area contributed by atoms with E-state index >= 15 is 0 Å². The lowest BCUT2D eigenvalue weighted by Crippen LogP contribution is -2.25. The molecule has 0 aliphatic rings. The van der Waals surface area contributed by atoms with Crippen molar-refractivity contribution in [1.29, 1.82) is 0 Å². The topological polar surface area (TPSA) is 57.3 Å². The molecular weight excluding hydrogens is 276 g/mol. The van der Waals surface area contributed by atoms with Gasteiger partial charge >= 0.3 is 0 Å². The van der Waals surface area contributed by atoms with E-state index in [1.54, 1.807) is 6.07 Å². The zero-order chi connectivity index (χ0) is 15.0. The van der Waals surface area contributed by atoms with E-state index in [0.29, 0.717) is 22.9 Å². The van der Waals surface area contributed by atoms with E-state index in [1.807, 2.05) is 21.0 Å². The summed E-state index contributed by atoms with van der Waals surface area (Å²) in [5, 5.41) is 6.32. The molecule has 6 heteroatoms. The summed E-state index contributed by atoms with van der Waals surface area (Å²) < 4.78 is 0. The highest BCUT2D eigenvalue weighted by Crippen LogP contribution is 2.17. The van der Waals surface area contributed by atoms with Crippen molar-refractivity contribution in [3.63, 3.8) is 0 Å². The number of nitrogens with one attached hydrogen (secondary N) is 2. The summed E-state index contributed by atoms with van der Waals surface area (Å²) in [6, 6.07) is 1.68. The maximum atomic E-state index is 12.1. The number of hydrogen-bond donors (Lipinski definition) is 2. The maximum absolute atomic E-state index is 12.1. The number of carbonyl (C=O) groups excluding carboxylic acids is 1. The predicted molar refractivity (Wildman–Crippen MR) is 83.5 cm³/mol. The van der Waals surface area contributed by atoms with Crippen LogP contribution < -0.4 is 10.6 Å². The predicted octanol–water partition coefficient (Wildman–Crippen LogP) is 2.24. The average molecular weight is 299 g/mol. The highest BCUT2D eigenvalue weighted by Gasteiger charge is 2.11. The Kier molecular flexibility index (Phi) is 7.33. The molecule has 0 fully saturated rings. The molecule has 0 aliphatic carbocycles. The van der Waals surface area contributed by atoms with Gasteiger partial charge in [-0.25, -0.2) is 4.98 Å². The van der Waals surface area contributed by atoms with Crippen LogP contribution in [0.3, 0.4) is 0 Å². The standard InChI is InChI=1S/C14H23ClN4O/c1-4-16-13-9-11(12(15)10-18-13)14(20)17-7-5-6-8-19(2)3/h9-10H,4-8H2,1-3H3,(H,16,18)(H,17,20). The third-order valence-electron chi connectivity index (χ3n) is 2.78. The molecule has 0 unspecified atom stereocenters. The van der Waals surface area contributed by atoms with Gasteiger partial charge in [-0.05, 0) is 46.5 Å². The van der Waals surface area contributed by atoms with E-state index in [2.05, 4.69) is 20.5 Å². The number of anilines is 1. The van der Waals surface area contributed by atoms with Gasteiger partial charge in [-0.1, -0.05) is 11.6 Å². The van der Waals surface area contributed by atoms with Gasteiger partial charge in [0, 0.05) is 19.3 Å². The lowest BCUT2D eigenvalue weighted by molar-refractivity contribution is 0.0953. The summed E-state index contributed by atoms with van der Waals surface area (Å²) in [4.78, 5) is 18.3. The number of amides is 1. The van der Waals surface area contributed by atoms with E-state index in [-0.39, 0.29) is 5.91 Å². The second-order valence-electron chi connectivity index (χ2n) is 4.85. The van der Waals surface area contributed by atoms with E-state index in [0.717, 1.165) is 25.9 Å². The van der Waals surface area contributed by atoms with Crippen molar-refractivity contribution in [1.82, 2.24) is 15.2 Å². The Labute approximate surface area is 125 Å². The SMILES string of the molecule is CCNc1cc(C(=O)NCCCCN(C)C)c(Cl)cn1. The van der Waals surface area contributed by atoms with Crippen LogP contribution in [0.25, 0.3) is 0 Å². The molecule has 5 nitrogen and oxygen atoms in total. The summed E-state index contributed by atoms with van der Waals surface area (Å²) in [5.41, 5.74) is 0.463. The van der Waals surface area contributed by atoms with Gasteiger partial charge in [-0.3, -0.25) is 4.79 Å². The van der Waals surface area contributed by atoms with E-state index in [9.17, 15) is 4.79 Å². The molecule has 20 heavy (non-hydrogen) atoms. The first-order valence-electron chi connectivity index (χ1n) is 6.87. The largest absolute Gasteiger partial charge is 0.370 e. The molecule has 0 aliphatic heterocycles. The van der Waals surface area contributed by atoms with Crippen LogP contribution in [0, 0.1) is 0 Å². The molecule has 112 valence electrons. The Morgan fingerprint density at radius 1 is 1.40 bits per heavy atom. The number of carbonyl (C=O) groups is 1. The molecular formula is C14H23ClN4O. The molecule has 0 atom stereocenters. The van der Waals surface area contributed by atoms with Crippen molar-refractivity contribution in [3.05, 3.63) is 22.8 Å². The zero-order valence-corrected chi connectivity index (χ0v) is 13.1. The molecule has 0 spiro atoms. The molecule has 1 aromatic rings. The molecule has 0 saturated carbocycles. The van der Waals surface area contributed by atoms with Crippen LogP contribution in [-0.4, -0.2) is 49.5 Å². The third-order valence-corrected chi connectivity index (χ3v) is 3.08. The summed E-state index contributed by atoms with van der Waals surface area (Å²) in [5.74, 6) is 0.510. The summed E-state index contributed by atoms with van der Waals surface area (Å²) in [6.07, 6.45) is 3.51. The van der Waals surface area contributed by atoms with E-state index in [1.165, 1.54) is 6.20 Å². The Hall–Kier alpha value is -1.33. The van der Waals surface area contributed by atoms with Gasteiger partial charge < -0.3 is 15.5 Å². The van der Waals surface area contributed by atoms with E-state index in [4.69, 9.17) is 11.6 Å². The second kappa shape index (κ2) is 8.76. The molecule has 0 bridgehead atoms. The minimum absolute atomic E-state index is 0.151. The number of unbranched alkanes of at least 4 members (excludes halogenated alkanes) is 1. The number of pyridine rings is 1. The first kappa shape index (κ1) is 16.7. The molecule has 1 heterocycles. The molecule has 2 N–H and O–H groups in total. The summed E-state index contributed by atoms with van der Waals surface area (Å²) in [7, 11) is 4.08. The average Bonchev–Trinajstić information content (AvgIpc) is 2.40. The second-order valence-corrected chi connectivity index (χ2v) is 5.25. The summed E-state index contributed by atoms with van der Waals surface area (Å²) >= 11 is 6.02. The van der Waals surface area contributed by atoms with Gasteiger partial charge in [0.2, 0.25) is 0 Å². The van der Waals surface area contributed by atoms with Crippen molar-refractivity contribution in [2.75, 3.05) is 39.0 Å². The Morgan fingerprint density at radius 2 is 2.15 bits per heavy atom. The zero-order valence-electron chi connectivity index (χ0n) is 12.4. The number of hydrogen-bond acceptors (Lipinski definition) is 4. The van der Waals surface area contributed by atoms with Crippen molar-refractivity contribution in [2.24, 2.45) is 0 Å². The van der Waals surface area contributed by atoms with Crippen LogP contribution in [0.5, 0.6) is 0 Å². The quantitative estimate of drug-likeness (QED) is 0.723. The van der Waals surface area contributed by atoms with Crippen LogP contribution in [0.1, 0.15) is 30.1 Å².